The number of benzene rings is 2. The molecule has 1 N–H and O–H groups in total. The van der Waals surface area contributed by atoms with E-state index in [1.54, 1.807) is 0 Å². The first-order chi connectivity index (χ1) is 14.8. The molecule has 1 aliphatic rings. The van der Waals surface area contributed by atoms with E-state index < -0.39 is 16.9 Å². The van der Waals surface area contributed by atoms with Gasteiger partial charge in [0, 0.05) is 30.8 Å². The Labute approximate surface area is 182 Å². The summed E-state index contributed by atoms with van der Waals surface area (Å²) in [6.07, 6.45) is 2.91. The molecule has 7 nitrogen and oxygen atoms in total. The molecular weight excluding hydrogens is 394 g/mol. The number of nitro groups is 1. The molecule has 0 bridgehead atoms. The zero-order chi connectivity index (χ0) is 22.4. The second-order valence-electron chi connectivity index (χ2n) is 8.46. The number of carbonyl (C=O) groups is 2. The van der Waals surface area contributed by atoms with Crippen molar-refractivity contribution in [3.05, 3.63) is 75.8 Å². The molecule has 164 valence electrons. The third-order valence-electron chi connectivity index (χ3n) is 5.85. The van der Waals surface area contributed by atoms with E-state index in [1.807, 2.05) is 24.8 Å². The number of carbonyl (C=O) groups excluding carboxylic acids is 2. The number of piperidine rings is 1. The summed E-state index contributed by atoms with van der Waals surface area (Å²) >= 11 is 0. The number of rotatable bonds is 7. The molecule has 0 radical (unpaired) electrons. The van der Waals surface area contributed by atoms with Crippen LogP contribution in [0.4, 0.5) is 5.69 Å². The fraction of sp³-hybridized carbons (Fsp3) is 0.417. The minimum atomic E-state index is -0.631. The van der Waals surface area contributed by atoms with Crippen molar-refractivity contribution in [3.63, 3.8) is 0 Å². The van der Waals surface area contributed by atoms with Gasteiger partial charge in [0.25, 0.3) is 11.6 Å². The Morgan fingerprint density at radius 1 is 1.06 bits per heavy atom. The molecule has 1 fully saturated rings. The summed E-state index contributed by atoms with van der Waals surface area (Å²) in [5.41, 5.74) is 1.54. The van der Waals surface area contributed by atoms with Gasteiger partial charge in [-0.05, 0) is 48.8 Å². The number of amides is 2. The molecule has 3 rings (SSSR count). The van der Waals surface area contributed by atoms with Crippen LogP contribution in [0.15, 0.2) is 54.6 Å². The highest BCUT2D eigenvalue weighted by molar-refractivity contribution is 5.97. The minimum absolute atomic E-state index is 0.0663. The van der Waals surface area contributed by atoms with Gasteiger partial charge in [0.2, 0.25) is 5.91 Å². The van der Waals surface area contributed by atoms with E-state index in [-0.39, 0.29) is 17.5 Å². The Balaban J connectivity index is 1.57. The van der Waals surface area contributed by atoms with Gasteiger partial charge < -0.3 is 10.2 Å². The largest absolute Gasteiger partial charge is 0.341 e. The lowest BCUT2D eigenvalue weighted by Crippen LogP contribution is -2.53. The summed E-state index contributed by atoms with van der Waals surface area (Å²) in [6, 6.07) is 15.2. The molecule has 2 amide bonds. The monoisotopic (exact) mass is 423 g/mol. The van der Waals surface area contributed by atoms with Crippen molar-refractivity contribution in [2.45, 2.75) is 39.2 Å². The lowest BCUT2D eigenvalue weighted by Gasteiger charge is -2.35. The van der Waals surface area contributed by atoms with Gasteiger partial charge in [-0.2, -0.15) is 0 Å². The van der Waals surface area contributed by atoms with E-state index in [4.69, 9.17) is 0 Å². The predicted octanol–water partition coefficient (Wildman–Crippen LogP) is 3.83. The van der Waals surface area contributed by atoms with E-state index in [9.17, 15) is 19.7 Å². The van der Waals surface area contributed by atoms with Crippen LogP contribution >= 0.6 is 0 Å². The second-order valence-corrected chi connectivity index (χ2v) is 8.46. The average Bonchev–Trinajstić information content (AvgIpc) is 2.78. The SMILES string of the molecule is CC(C)C(NC(=O)c1ccc([N+](=O)[O-])cc1)C(=O)N1CCC(Cc2ccccc2)CC1. The normalized spacial score (nSPS) is 15.5. The smallest absolute Gasteiger partial charge is 0.269 e. The Hall–Kier alpha value is -3.22. The lowest BCUT2D eigenvalue weighted by atomic mass is 9.89. The lowest BCUT2D eigenvalue weighted by molar-refractivity contribution is -0.384. The van der Waals surface area contributed by atoms with Gasteiger partial charge in [0.1, 0.15) is 6.04 Å². The van der Waals surface area contributed by atoms with Gasteiger partial charge >= 0.3 is 0 Å². The number of hydrogen-bond acceptors (Lipinski definition) is 4. The number of hydrogen-bond donors (Lipinski definition) is 1. The molecule has 2 aromatic carbocycles. The summed E-state index contributed by atoms with van der Waals surface area (Å²) < 4.78 is 0. The topological polar surface area (TPSA) is 92.5 Å². The first-order valence-corrected chi connectivity index (χ1v) is 10.7. The Morgan fingerprint density at radius 2 is 1.68 bits per heavy atom. The van der Waals surface area contributed by atoms with Crippen LogP contribution in [-0.2, 0) is 11.2 Å². The Bertz CT molecular complexity index is 904. The number of nitrogens with one attached hydrogen (secondary N) is 1. The standard InChI is InChI=1S/C24H29N3O4/c1-17(2)22(25-23(28)20-8-10-21(11-9-20)27(30)31)24(29)26-14-12-19(13-15-26)16-18-6-4-3-5-7-18/h3-11,17,19,22H,12-16H2,1-2H3,(H,25,28). The van der Waals surface area contributed by atoms with E-state index in [0.717, 1.165) is 19.3 Å². The summed E-state index contributed by atoms with van der Waals surface area (Å²) in [4.78, 5) is 37.9. The van der Waals surface area contributed by atoms with Gasteiger partial charge in [-0.1, -0.05) is 44.2 Å². The van der Waals surface area contributed by atoms with Crippen molar-refractivity contribution in [3.8, 4) is 0 Å². The third kappa shape index (κ3) is 5.90. The van der Waals surface area contributed by atoms with Crippen LogP contribution in [0.3, 0.4) is 0 Å². The minimum Gasteiger partial charge on any atom is -0.341 e. The van der Waals surface area contributed by atoms with Crippen LogP contribution in [0.5, 0.6) is 0 Å². The van der Waals surface area contributed by atoms with Gasteiger partial charge in [0.05, 0.1) is 4.92 Å². The molecule has 7 heteroatoms. The Kier molecular flexibility index (Phi) is 7.39. The number of nitro benzene ring substituents is 1. The highest BCUT2D eigenvalue weighted by Gasteiger charge is 2.31. The Morgan fingerprint density at radius 3 is 2.23 bits per heavy atom. The maximum Gasteiger partial charge on any atom is 0.269 e. The molecular formula is C24H29N3O4. The van der Waals surface area contributed by atoms with Crippen molar-refractivity contribution in [2.75, 3.05) is 13.1 Å². The third-order valence-corrected chi connectivity index (χ3v) is 5.85. The molecule has 31 heavy (non-hydrogen) atoms. The van der Waals surface area contributed by atoms with Gasteiger partial charge in [-0.3, -0.25) is 19.7 Å². The number of likely N-dealkylation sites (tertiary alicyclic amines) is 1. The average molecular weight is 424 g/mol. The van der Waals surface area contributed by atoms with Crippen LogP contribution in [-0.4, -0.2) is 40.8 Å². The van der Waals surface area contributed by atoms with Crippen LogP contribution in [0.2, 0.25) is 0 Å². The maximum atomic E-state index is 13.1. The number of nitrogens with zero attached hydrogens (tertiary/aromatic N) is 2. The zero-order valence-electron chi connectivity index (χ0n) is 18.0. The van der Waals surface area contributed by atoms with Crippen molar-refractivity contribution in [1.29, 1.82) is 0 Å². The van der Waals surface area contributed by atoms with Crippen LogP contribution in [0.1, 0.15) is 42.6 Å². The molecule has 1 aliphatic heterocycles. The van der Waals surface area contributed by atoms with E-state index in [0.29, 0.717) is 24.6 Å². The first-order valence-electron chi connectivity index (χ1n) is 10.7. The summed E-state index contributed by atoms with van der Waals surface area (Å²) in [5, 5.41) is 13.6. The first kappa shape index (κ1) is 22.5. The summed E-state index contributed by atoms with van der Waals surface area (Å²) in [6.45, 7) is 5.18. The van der Waals surface area contributed by atoms with E-state index in [2.05, 4.69) is 29.6 Å². The van der Waals surface area contributed by atoms with Crippen LogP contribution in [0, 0.1) is 22.0 Å². The van der Waals surface area contributed by atoms with Gasteiger partial charge in [0.15, 0.2) is 0 Å². The number of non-ortho nitro benzene ring substituents is 1. The van der Waals surface area contributed by atoms with Crippen molar-refractivity contribution in [1.82, 2.24) is 10.2 Å². The molecule has 0 spiro atoms. The summed E-state index contributed by atoms with van der Waals surface area (Å²) in [5.74, 6) is 0.0134. The molecule has 2 aromatic rings. The van der Waals surface area contributed by atoms with Gasteiger partial charge in [-0.25, -0.2) is 0 Å². The van der Waals surface area contributed by atoms with E-state index >= 15 is 0 Å². The fourth-order valence-corrected chi connectivity index (χ4v) is 3.97. The molecule has 1 heterocycles. The van der Waals surface area contributed by atoms with Crippen LogP contribution < -0.4 is 5.32 Å². The summed E-state index contributed by atoms with van der Waals surface area (Å²) in [7, 11) is 0. The van der Waals surface area contributed by atoms with Crippen molar-refractivity contribution in [2.24, 2.45) is 11.8 Å². The zero-order valence-corrected chi connectivity index (χ0v) is 18.0. The predicted molar refractivity (Wildman–Crippen MR) is 119 cm³/mol. The molecule has 0 aliphatic carbocycles. The highest BCUT2D eigenvalue weighted by atomic mass is 16.6. The molecule has 0 saturated carbocycles. The van der Waals surface area contributed by atoms with Gasteiger partial charge in [-0.15, -0.1) is 0 Å². The highest BCUT2D eigenvalue weighted by Crippen LogP contribution is 2.23. The molecule has 1 unspecified atom stereocenters. The molecule has 1 atom stereocenters. The van der Waals surface area contributed by atoms with Crippen molar-refractivity contribution < 1.29 is 14.5 Å². The van der Waals surface area contributed by atoms with Crippen molar-refractivity contribution >= 4 is 17.5 Å². The van der Waals surface area contributed by atoms with Crippen LogP contribution in [0.25, 0.3) is 0 Å². The second kappa shape index (κ2) is 10.2. The molecule has 0 aromatic heterocycles. The molecule has 1 saturated heterocycles. The maximum absolute atomic E-state index is 13.1. The fourth-order valence-electron chi connectivity index (χ4n) is 3.97. The van der Waals surface area contributed by atoms with E-state index in [1.165, 1.54) is 29.8 Å². The quantitative estimate of drug-likeness (QED) is 0.541.